The topological polar surface area (TPSA) is 52.9 Å². The molecule has 1 amide bonds. The molecule has 0 saturated carbocycles. The second-order valence-electron chi connectivity index (χ2n) is 7.56. The number of nitrogens with zero attached hydrogens (tertiary/aromatic N) is 1. The summed E-state index contributed by atoms with van der Waals surface area (Å²) < 4.78 is 13.0. The molecule has 0 saturated heterocycles. The molecule has 1 N–H and O–H groups in total. The fourth-order valence-electron chi connectivity index (χ4n) is 3.52. The number of fused-ring (bicyclic) bond motifs is 1. The lowest BCUT2D eigenvalue weighted by Gasteiger charge is -2.36. The highest BCUT2D eigenvalue weighted by Crippen LogP contribution is 2.45. The average molecular weight is 370 g/mol. The highest BCUT2D eigenvalue weighted by atomic mass is 32.1. The van der Waals surface area contributed by atoms with E-state index >= 15 is 0 Å². The van der Waals surface area contributed by atoms with Crippen molar-refractivity contribution in [1.29, 1.82) is 5.26 Å². The van der Waals surface area contributed by atoms with Crippen LogP contribution in [0.4, 0.5) is 9.39 Å². The van der Waals surface area contributed by atoms with E-state index in [2.05, 4.69) is 32.2 Å². The summed E-state index contributed by atoms with van der Waals surface area (Å²) in [7, 11) is 0. The third kappa shape index (κ3) is 3.52. The van der Waals surface area contributed by atoms with Gasteiger partial charge in [0.25, 0.3) is 5.91 Å². The summed E-state index contributed by atoms with van der Waals surface area (Å²) in [6.45, 7) is 6.83. The van der Waals surface area contributed by atoms with Crippen molar-refractivity contribution in [3.63, 3.8) is 0 Å². The van der Waals surface area contributed by atoms with Crippen molar-refractivity contribution in [1.82, 2.24) is 0 Å². The highest BCUT2D eigenvalue weighted by molar-refractivity contribution is 7.16. The van der Waals surface area contributed by atoms with Gasteiger partial charge in [0.15, 0.2) is 0 Å². The fraction of sp³-hybridized carbons (Fsp3) is 0.429. The van der Waals surface area contributed by atoms with Gasteiger partial charge >= 0.3 is 0 Å². The number of anilines is 1. The van der Waals surface area contributed by atoms with E-state index in [-0.39, 0.29) is 17.1 Å². The molecular formula is C21H23FN2OS. The van der Waals surface area contributed by atoms with Gasteiger partial charge in [-0.15, -0.1) is 11.3 Å². The Kier molecular flexibility index (Phi) is 5.15. The first-order valence-corrected chi connectivity index (χ1v) is 9.79. The molecule has 2 aromatic rings. The number of halogens is 1. The average Bonchev–Trinajstić information content (AvgIpc) is 2.98. The monoisotopic (exact) mass is 370 g/mol. The lowest BCUT2D eigenvalue weighted by atomic mass is 9.69. The molecule has 1 aromatic heterocycles. The first kappa shape index (κ1) is 18.6. The predicted molar refractivity (Wildman–Crippen MR) is 103 cm³/mol. The van der Waals surface area contributed by atoms with Gasteiger partial charge in [0, 0.05) is 10.4 Å². The Morgan fingerprint density at radius 2 is 2.08 bits per heavy atom. The molecule has 26 heavy (non-hydrogen) atoms. The van der Waals surface area contributed by atoms with Gasteiger partial charge in [0.05, 0.1) is 5.56 Å². The van der Waals surface area contributed by atoms with Gasteiger partial charge < -0.3 is 5.32 Å². The van der Waals surface area contributed by atoms with E-state index in [4.69, 9.17) is 0 Å². The van der Waals surface area contributed by atoms with Crippen molar-refractivity contribution in [3.05, 3.63) is 51.7 Å². The molecule has 1 atom stereocenters. The number of rotatable bonds is 4. The first-order chi connectivity index (χ1) is 12.4. The van der Waals surface area contributed by atoms with Crippen molar-refractivity contribution in [2.45, 2.75) is 46.5 Å². The van der Waals surface area contributed by atoms with Crippen LogP contribution in [0.5, 0.6) is 0 Å². The van der Waals surface area contributed by atoms with E-state index < -0.39 is 0 Å². The van der Waals surface area contributed by atoms with E-state index in [0.29, 0.717) is 22.0 Å². The Hall–Kier alpha value is -2.19. The summed E-state index contributed by atoms with van der Waals surface area (Å²) >= 11 is 1.51. The van der Waals surface area contributed by atoms with Crippen LogP contribution >= 0.6 is 11.3 Å². The Labute approximate surface area is 157 Å². The number of carbonyl (C=O) groups is 1. The van der Waals surface area contributed by atoms with Gasteiger partial charge in [-0.3, -0.25) is 4.79 Å². The van der Waals surface area contributed by atoms with Gasteiger partial charge in [0.2, 0.25) is 0 Å². The number of thiophene rings is 1. The van der Waals surface area contributed by atoms with E-state index in [1.54, 1.807) is 0 Å². The van der Waals surface area contributed by atoms with Crippen LogP contribution in [0, 0.1) is 28.5 Å². The molecular weight excluding hydrogens is 347 g/mol. The number of nitriles is 1. The second-order valence-corrected chi connectivity index (χ2v) is 8.67. The van der Waals surface area contributed by atoms with E-state index in [1.165, 1.54) is 40.5 Å². The summed E-state index contributed by atoms with van der Waals surface area (Å²) in [4.78, 5) is 13.7. The van der Waals surface area contributed by atoms with Crippen LogP contribution in [0.15, 0.2) is 24.3 Å². The molecule has 0 bridgehead atoms. The zero-order valence-electron chi connectivity index (χ0n) is 15.4. The van der Waals surface area contributed by atoms with E-state index in [0.717, 1.165) is 31.2 Å². The van der Waals surface area contributed by atoms with Crippen LogP contribution in [0.1, 0.15) is 60.0 Å². The lowest BCUT2D eigenvalue weighted by molar-refractivity contribution is 0.102. The molecule has 1 aliphatic carbocycles. The van der Waals surface area contributed by atoms with Crippen molar-refractivity contribution < 1.29 is 9.18 Å². The van der Waals surface area contributed by atoms with Crippen LogP contribution in [0.2, 0.25) is 0 Å². The Morgan fingerprint density at radius 1 is 1.38 bits per heavy atom. The Bertz CT molecular complexity index is 861. The molecule has 1 aliphatic rings. The maximum atomic E-state index is 13.0. The van der Waals surface area contributed by atoms with Crippen LogP contribution in [0.25, 0.3) is 0 Å². The van der Waals surface area contributed by atoms with Crippen molar-refractivity contribution in [3.8, 4) is 6.07 Å². The summed E-state index contributed by atoms with van der Waals surface area (Å²) in [5, 5.41) is 13.1. The van der Waals surface area contributed by atoms with Gasteiger partial charge in [-0.25, -0.2) is 4.39 Å². The van der Waals surface area contributed by atoms with Crippen LogP contribution in [-0.4, -0.2) is 5.91 Å². The lowest BCUT2D eigenvalue weighted by Crippen LogP contribution is -2.28. The normalized spacial score (nSPS) is 16.7. The van der Waals surface area contributed by atoms with Crippen molar-refractivity contribution in [2.24, 2.45) is 11.3 Å². The maximum Gasteiger partial charge on any atom is 0.256 e. The molecule has 0 radical (unpaired) electrons. The first-order valence-electron chi connectivity index (χ1n) is 8.97. The standard InChI is InChI=1S/C21H23FN2OS/c1-4-21(2,3)14-7-10-16-17(12-23)20(26-18(16)11-14)24-19(25)13-5-8-15(22)9-6-13/h5-6,8-9,14H,4,7,10-11H2,1-3H3,(H,24,25)/t14-/m0/s1. The van der Waals surface area contributed by atoms with Crippen molar-refractivity contribution in [2.75, 3.05) is 5.32 Å². The number of hydrogen-bond donors (Lipinski definition) is 1. The van der Waals surface area contributed by atoms with Gasteiger partial charge in [-0.05, 0) is 60.4 Å². The second kappa shape index (κ2) is 7.20. The van der Waals surface area contributed by atoms with Gasteiger partial charge in [-0.2, -0.15) is 5.26 Å². The van der Waals surface area contributed by atoms with Crippen LogP contribution < -0.4 is 5.32 Å². The molecule has 0 aliphatic heterocycles. The third-order valence-electron chi connectivity index (χ3n) is 5.73. The molecule has 0 fully saturated rings. The minimum Gasteiger partial charge on any atom is -0.312 e. The molecule has 3 rings (SSSR count). The zero-order chi connectivity index (χ0) is 18.9. The van der Waals surface area contributed by atoms with Gasteiger partial charge in [-0.1, -0.05) is 27.2 Å². The number of nitrogens with one attached hydrogen (secondary N) is 1. The third-order valence-corrected chi connectivity index (χ3v) is 6.90. The molecule has 0 spiro atoms. The van der Waals surface area contributed by atoms with Crippen LogP contribution in [0.3, 0.4) is 0 Å². The summed E-state index contributed by atoms with van der Waals surface area (Å²) in [6, 6.07) is 7.69. The van der Waals surface area contributed by atoms with E-state index in [9.17, 15) is 14.4 Å². The SMILES string of the molecule is CCC(C)(C)[C@H]1CCc2c(sc(NC(=O)c3ccc(F)cc3)c2C#N)C1. The maximum absolute atomic E-state index is 13.0. The van der Waals surface area contributed by atoms with Crippen molar-refractivity contribution >= 4 is 22.2 Å². The molecule has 0 unspecified atom stereocenters. The number of hydrogen-bond acceptors (Lipinski definition) is 3. The quantitative estimate of drug-likeness (QED) is 0.767. The minimum absolute atomic E-state index is 0.270. The summed E-state index contributed by atoms with van der Waals surface area (Å²) in [5.41, 5.74) is 2.33. The fourth-order valence-corrected chi connectivity index (χ4v) is 4.80. The highest BCUT2D eigenvalue weighted by Gasteiger charge is 2.34. The molecule has 136 valence electrons. The largest absolute Gasteiger partial charge is 0.312 e. The summed E-state index contributed by atoms with van der Waals surface area (Å²) in [6.07, 6.45) is 4.04. The number of carbonyl (C=O) groups excluding carboxylic acids is 1. The molecule has 1 aromatic carbocycles. The Morgan fingerprint density at radius 3 is 2.69 bits per heavy atom. The molecule has 5 heteroatoms. The molecule has 3 nitrogen and oxygen atoms in total. The summed E-state index contributed by atoms with van der Waals surface area (Å²) in [5.74, 6) is -0.105. The number of benzene rings is 1. The molecule has 1 heterocycles. The predicted octanol–water partition coefficient (Wildman–Crippen LogP) is 5.55. The van der Waals surface area contributed by atoms with Crippen LogP contribution in [-0.2, 0) is 12.8 Å². The zero-order valence-corrected chi connectivity index (χ0v) is 16.2. The smallest absolute Gasteiger partial charge is 0.256 e. The van der Waals surface area contributed by atoms with Gasteiger partial charge in [0.1, 0.15) is 16.9 Å². The van der Waals surface area contributed by atoms with E-state index in [1.807, 2.05) is 0 Å². The Balaban J connectivity index is 1.85. The minimum atomic E-state index is -0.379. The number of amides is 1.